The Morgan fingerprint density at radius 2 is 1.55 bits per heavy atom. The summed E-state index contributed by atoms with van der Waals surface area (Å²) in [6, 6.07) is 16.3. The van der Waals surface area contributed by atoms with Crippen LogP contribution in [0.25, 0.3) is 0 Å². The lowest BCUT2D eigenvalue weighted by molar-refractivity contribution is -0.114. The van der Waals surface area contributed by atoms with Crippen LogP contribution in [0, 0.1) is 0 Å². The van der Waals surface area contributed by atoms with Gasteiger partial charge >= 0.3 is 0 Å². The van der Waals surface area contributed by atoms with Crippen LogP contribution in [0.1, 0.15) is 22.8 Å². The van der Waals surface area contributed by atoms with Crippen molar-refractivity contribution in [1.29, 1.82) is 0 Å². The largest absolute Gasteiger partial charge is 0.309 e. The van der Waals surface area contributed by atoms with Crippen LogP contribution in [0.5, 0.6) is 0 Å². The third kappa shape index (κ3) is 2.94. The third-order valence-electron chi connectivity index (χ3n) is 3.27. The highest BCUT2D eigenvalue weighted by molar-refractivity contribution is 6.47. The second kappa shape index (κ2) is 6.15. The number of amides is 1. The average molecular weight is 267 g/mol. The van der Waals surface area contributed by atoms with Crippen molar-refractivity contribution in [3.63, 3.8) is 0 Å². The Balaban J connectivity index is 2.17. The van der Waals surface area contributed by atoms with Crippen LogP contribution in [0.3, 0.4) is 0 Å². The second-order valence-corrected chi connectivity index (χ2v) is 4.58. The number of nitrogens with zero attached hydrogens (tertiary/aromatic N) is 1. The Kier molecular flexibility index (Phi) is 4.31. The Hall–Kier alpha value is -2.42. The molecule has 0 aliphatic rings. The van der Waals surface area contributed by atoms with Crippen molar-refractivity contribution in [3.05, 3.63) is 65.7 Å². The molecule has 0 aliphatic carbocycles. The number of hydrogen-bond acceptors (Lipinski definition) is 2. The first-order valence-corrected chi connectivity index (χ1v) is 6.60. The van der Waals surface area contributed by atoms with Crippen LogP contribution < -0.4 is 4.90 Å². The van der Waals surface area contributed by atoms with Gasteiger partial charge in [-0.2, -0.15) is 0 Å². The normalized spacial score (nSPS) is 10.1. The summed E-state index contributed by atoms with van der Waals surface area (Å²) in [6.45, 7) is 2.05. The molecule has 0 heterocycles. The molecule has 2 rings (SSSR count). The van der Waals surface area contributed by atoms with Gasteiger partial charge < -0.3 is 4.90 Å². The minimum Gasteiger partial charge on any atom is -0.309 e. The highest BCUT2D eigenvalue weighted by Gasteiger charge is 2.21. The quantitative estimate of drug-likeness (QED) is 0.630. The van der Waals surface area contributed by atoms with E-state index < -0.39 is 11.7 Å². The predicted molar refractivity (Wildman–Crippen MR) is 80.0 cm³/mol. The van der Waals surface area contributed by atoms with E-state index in [-0.39, 0.29) is 0 Å². The molecular formula is C17H17NO2. The number of aryl methyl sites for hydroxylation is 1. The van der Waals surface area contributed by atoms with Crippen molar-refractivity contribution in [2.75, 3.05) is 11.9 Å². The molecule has 0 spiro atoms. The summed E-state index contributed by atoms with van der Waals surface area (Å²) in [5.41, 5.74) is 2.27. The Bertz CT molecular complexity index is 603. The van der Waals surface area contributed by atoms with Crippen molar-refractivity contribution >= 4 is 17.4 Å². The maximum atomic E-state index is 12.2. The van der Waals surface area contributed by atoms with Gasteiger partial charge in [0.25, 0.3) is 11.7 Å². The zero-order chi connectivity index (χ0) is 14.5. The minimum absolute atomic E-state index is 0.426. The fourth-order valence-corrected chi connectivity index (χ4v) is 1.94. The topological polar surface area (TPSA) is 37.4 Å². The van der Waals surface area contributed by atoms with Gasteiger partial charge in [0.1, 0.15) is 0 Å². The number of ketones is 1. The number of likely N-dealkylation sites (N-methyl/N-ethyl adjacent to an activating group) is 1. The summed E-state index contributed by atoms with van der Waals surface area (Å²) >= 11 is 0. The van der Waals surface area contributed by atoms with Crippen LogP contribution in [0.2, 0.25) is 0 Å². The molecule has 0 unspecified atom stereocenters. The molecule has 2 aromatic carbocycles. The van der Waals surface area contributed by atoms with E-state index in [0.29, 0.717) is 11.3 Å². The number of rotatable bonds is 4. The van der Waals surface area contributed by atoms with E-state index >= 15 is 0 Å². The number of carbonyl (C=O) groups excluding carboxylic acids is 2. The zero-order valence-electron chi connectivity index (χ0n) is 11.7. The molecule has 0 radical (unpaired) electrons. The molecule has 20 heavy (non-hydrogen) atoms. The van der Waals surface area contributed by atoms with Crippen LogP contribution >= 0.6 is 0 Å². The highest BCUT2D eigenvalue weighted by Crippen LogP contribution is 2.13. The smallest absolute Gasteiger partial charge is 0.299 e. The van der Waals surface area contributed by atoms with Crippen LogP contribution in [-0.2, 0) is 11.2 Å². The number of anilines is 1. The molecule has 0 N–H and O–H groups in total. The Morgan fingerprint density at radius 3 is 2.10 bits per heavy atom. The zero-order valence-corrected chi connectivity index (χ0v) is 11.7. The van der Waals surface area contributed by atoms with E-state index in [0.717, 1.165) is 12.0 Å². The van der Waals surface area contributed by atoms with E-state index in [9.17, 15) is 9.59 Å². The molecular weight excluding hydrogens is 250 g/mol. The van der Waals surface area contributed by atoms with E-state index in [1.807, 2.05) is 37.3 Å². The second-order valence-electron chi connectivity index (χ2n) is 4.58. The van der Waals surface area contributed by atoms with Crippen molar-refractivity contribution in [2.45, 2.75) is 13.3 Å². The van der Waals surface area contributed by atoms with Crippen molar-refractivity contribution in [1.82, 2.24) is 0 Å². The standard InChI is InChI=1S/C17H17NO2/c1-3-13-9-11-14(12-10-13)16(19)17(20)18(2)15-7-5-4-6-8-15/h4-12H,3H2,1-2H3. The van der Waals surface area contributed by atoms with Crippen molar-refractivity contribution < 1.29 is 9.59 Å². The first kappa shape index (κ1) is 14.0. The summed E-state index contributed by atoms with van der Waals surface area (Å²) in [5, 5.41) is 0. The molecule has 1 amide bonds. The van der Waals surface area contributed by atoms with Gasteiger partial charge in [0.15, 0.2) is 0 Å². The number of Topliss-reactive ketones (excluding diaryl/α,β-unsaturated/α-hetero) is 1. The monoisotopic (exact) mass is 267 g/mol. The van der Waals surface area contributed by atoms with E-state index in [2.05, 4.69) is 0 Å². The SMILES string of the molecule is CCc1ccc(C(=O)C(=O)N(C)c2ccccc2)cc1. The number of para-hydroxylation sites is 1. The number of hydrogen-bond donors (Lipinski definition) is 0. The first-order valence-electron chi connectivity index (χ1n) is 6.60. The maximum Gasteiger partial charge on any atom is 0.299 e. The molecule has 3 heteroatoms. The van der Waals surface area contributed by atoms with Crippen LogP contribution in [0.4, 0.5) is 5.69 Å². The molecule has 0 bridgehead atoms. The van der Waals surface area contributed by atoms with Gasteiger partial charge in [-0.1, -0.05) is 49.4 Å². The van der Waals surface area contributed by atoms with E-state index in [1.165, 1.54) is 4.90 Å². The van der Waals surface area contributed by atoms with Gasteiger partial charge in [-0.25, -0.2) is 0 Å². The summed E-state index contributed by atoms with van der Waals surface area (Å²) in [4.78, 5) is 25.7. The summed E-state index contributed by atoms with van der Waals surface area (Å²) in [6.07, 6.45) is 0.909. The van der Waals surface area contributed by atoms with Gasteiger partial charge in [-0.05, 0) is 24.1 Å². The Labute approximate surface area is 118 Å². The highest BCUT2D eigenvalue weighted by atomic mass is 16.2. The van der Waals surface area contributed by atoms with Gasteiger partial charge in [-0.15, -0.1) is 0 Å². The molecule has 0 fully saturated rings. The summed E-state index contributed by atoms with van der Waals surface area (Å²) in [7, 11) is 1.61. The van der Waals surface area contributed by atoms with Gasteiger partial charge in [0, 0.05) is 18.3 Å². The van der Waals surface area contributed by atoms with E-state index in [1.54, 1.807) is 31.3 Å². The molecule has 2 aromatic rings. The third-order valence-corrected chi connectivity index (χ3v) is 3.27. The van der Waals surface area contributed by atoms with Crippen molar-refractivity contribution in [3.8, 4) is 0 Å². The van der Waals surface area contributed by atoms with Gasteiger partial charge in [-0.3, -0.25) is 9.59 Å². The van der Waals surface area contributed by atoms with Gasteiger partial charge in [0.05, 0.1) is 0 Å². The molecule has 3 nitrogen and oxygen atoms in total. The fraction of sp³-hybridized carbons (Fsp3) is 0.176. The predicted octanol–water partition coefficient (Wildman–Crippen LogP) is 3.09. The average Bonchev–Trinajstić information content (AvgIpc) is 2.53. The lowest BCUT2D eigenvalue weighted by Crippen LogP contribution is -2.33. The first-order chi connectivity index (χ1) is 9.63. The van der Waals surface area contributed by atoms with Crippen LogP contribution in [-0.4, -0.2) is 18.7 Å². The van der Waals surface area contributed by atoms with E-state index in [4.69, 9.17) is 0 Å². The lowest BCUT2D eigenvalue weighted by atomic mass is 10.1. The fourth-order valence-electron chi connectivity index (χ4n) is 1.94. The molecule has 0 aromatic heterocycles. The molecule has 102 valence electrons. The maximum absolute atomic E-state index is 12.2. The molecule has 0 aliphatic heterocycles. The Morgan fingerprint density at radius 1 is 0.950 bits per heavy atom. The number of carbonyl (C=O) groups is 2. The number of benzene rings is 2. The summed E-state index contributed by atoms with van der Waals surface area (Å²) < 4.78 is 0. The molecule has 0 saturated heterocycles. The van der Waals surface area contributed by atoms with Crippen molar-refractivity contribution in [2.24, 2.45) is 0 Å². The van der Waals surface area contributed by atoms with Gasteiger partial charge in [0.2, 0.25) is 0 Å². The van der Waals surface area contributed by atoms with Crippen LogP contribution in [0.15, 0.2) is 54.6 Å². The minimum atomic E-state index is -0.527. The molecule has 0 atom stereocenters. The summed E-state index contributed by atoms with van der Waals surface area (Å²) in [5.74, 6) is -1.01. The lowest BCUT2D eigenvalue weighted by Gasteiger charge is -2.16. The molecule has 0 saturated carbocycles.